The summed E-state index contributed by atoms with van der Waals surface area (Å²) in [7, 11) is 0. The van der Waals surface area contributed by atoms with Crippen LogP contribution < -0.4 is 0 Å². The standard InChI is InChI=1S/C41H67NO7/c1-24-21-26(33(43)37(4,5)46)48-32-31(24)38(6)17-18-41-23-40(41)16-15-29(36(2,3)27(40)13-14-28(41)39(38,7)34(32)44)49-30-22-42(19-20-47-30)35(45)25-11-9-8-10-12-25/h24-34,43-44,46H,8-23H2,1-7H3/t24-,26?,27+,28?,29?,30+,31+,32?,33?,34+,38?,39-,40?,41?/m1/s1. The monoisotopic (exact) mass is 685 g/mol. The van der Waals surface area contributed by atoms with E-state index in [0.29, 0.717) is 55.2 Å². The fourth-order valence-corrected chi connectivity index (χ4v) is 14.9. The second-order valence-electron chi connectivity index (χ2n) is 20.2. The van der Waals surface area contributed by atoms with Crippen molar-refractivity contribution < 1.29 is 34.3 Å². The average molecular weight is 686 g/mol. The lowest BCUT2D eigenvalue weighted by molar-refractivity contribution is -0.248. The van der Waals surface area contributed by atoms with E-state index in [1.54, 1.807) is 13.8 Å². The number of hydrogen-bond acceptors (Lipinski definition) is 7. The van der Waals surface area contributed by atoms with E-state index in [4.69, 9.17) is 14.2 Å². The maximum absolute atomic E-state index is 13.4. The molecule has 14 atom stereocenters. The minimum absolute atomic E-state index is 0.00620. The van der Waals surface area contributed by atoms with Gasteiger partial charge in [0.15, 0.2) is 6.29 Å². The number of hydrogen-bond donors (Lipinski definition) is 3. The van der Waals surface area contributed by atoms with Crippen LogP contribution in [0.3, 0.4) is 0 Å². The van der Waals surface area contributed by atoms with Gasteiger partial charge >= 0.3 is 0 Å². The van der Waals surface area contributed by atoms with Crippen LogP contribution >= 0.6 is 0 Å². The van der Waals surface area contributed by atoms with Gasteiger partial charge in [-0.1, -0.05) is 53.9 Å². The molecule has 8 unspecified atom stereocenters. The van der Waals surface area contributed by atoms with E-state index in [1.807, 2.05) is 4.90 Å². The molecule has 0 aromatic rings. The van der Waals surface area contributed by atoms with Crippen molar-refractivity contribution in [3.63, 3.8) is 0 Å². The van der Waals surface area contributed by atoms with Crippen LogP contribution in [0.1, 0.15) is 132 Å². The third-order valence-corrected chi connectivity index (χ3v) is 17.5. The lowest BCUT2D eigenvalue weighted by atomic mass is 9.41. The summed E-state index contributed by atoms with van der Waals surface area (Å²) in [4.78, 5) is 15.4. The number of nitrogens with zero attached hydrogens (tertiary/aromatic N) is 1. The summed E-state index contributed by atoms with van der Waals surface area (Å²) >= 11 is 0. The molecule has 8 fully saturated rings. The molecule has 2 spiro atoms. The van der Waals surface area contributed by atoms with Gasteiger partial charge in [0.2, 0.25) is 5.91 Å². The van der Waals surface area contributed by atoms with Gasteiger partial charge in [0.1, 0.15) is 6.10 Å². The highest BCUT2D eigenvalue weighted by atomic mass is 16.7. The molecule has 8 nitrogen and oxygen atoms in total. The van der Waals surface area contributed by atoms with Gasteiger partial charge in [-0.2, -0.15) is 0 Å². The van der Waals surface area contributed by atoms with Crippen molar-refractivity contribution in [2.45, 2.75) is 174 Å². The van der Waals surface area contributed by atoms with Gasteiger partial charge in [-0.3, -0.25) is 4.79 Å². The number of carbonyl (C=O) groups is 1. The number of amides is 1. The number of carbonyl (C=O) groups excluding carboxylic acids is 1. The molecule has 3 N–H and O–H groups in total. The molecule has 2 saturated heterocycles. The first kappa shape index (κ1) is 35.3. The first-order valence-corrected chi connectivity index (χ1v) is 20.3. The Bertz CT molecular complexity index is 1290. The predicted octanol–water partition coefficient (Wildman–Crippen LogP) is 6.08. The molecule has 278 valence electrons. The number of rotatable bonds is 5. The van der Waals surface area contributed by atoms with Crippen molar-refractivity contribution >= 4 is 5.91 Å². The van der Waals surface area contributed by atoms with Crippen molar-refractivity contribution in [1.82, 2.24) is 4.90 Å². The molecule has 1 amide bonds. The van der Waals surface area contributed by atoms with Gasteiger partial charge in [0, 0.05) is 17.9 Å². The zero-order valence-electron chi connectivity index (χ0n) is 31.6. The highest BCUT2D eigenvalue weighted by Gasteiger charge is 2.84. The van der Waals surface area contributed by atoms with Crippen molar-refractivity contribution in [2.75, 3.05) is 19.7 Å². The molecule has 49 heavy (non-hydrogen) atoms. The van der Waals surface area contributed by atoms with Gasteiger partial charge in [-0.15, -0.1) is 0 Å². The Morgan fingerprint density at radius 1 is 0.959 bits per heavy atom. The average Bonchev–Trinajstić information content (AvgIpc) is 3.70. The highest BCUT2D eigenvalue weighted by Crippen LogP contribution is 2.89. The topological polar surface area (TPSA) is 109 Å². The zero-order valence-corrected chi connectivity index (χ0v) is 31.6. The first-order chi connectivity index (χ1) is 23.0. The van der Waals surface area contributed by atoms with Crippen LogP contribution in [-0.4, -0.2) is 88.2 Å². The molecule has 8 rings (SSSR count). The van der Waals surface area contributed by atoms with Gasteiger partial charge < -0.3 is 34.4 Å². The van der Waals surface area contributed by atoms with E-state index in [2.05, 4.69) is 34.6 Å². The number of ether oxygens (including phenoxy) is 3. The second-order valence-corrected chi connectivity index (χ2v) is 20.2. The largest absolute Gasteiger partial charge is 0.390 e. The lowest BCUT2D eigenvalue weighted by Crippen LogP contribution is -2.60. The smallest absolute Gasteiger partial charge is 0.225 e. The van der Waals surface area contributed by atoms with E-state index in [-0.39, 0.29) is 52.0 Å². The van der Waals surface area contributed by atoms with E-state index in [0.717, 1.165) is 38.5 Å². The van der Waals surface area contributed by atoms with Gasteiger partial charge in [0.25, 0.3) is 0 Å². The summed E-state index contributed by atoms with van der Waals surface area (Å²) in [6.45, 7) is 17.1. The maximum Gasteiger partial charge on any atom is 0.225 e. The molecular formula is C41H67NO7. The minimum atomic E-state index is -1.26. The summed E-state index contributed by atoms with van der Waals surface area (Å²) < 4.78 is 19.8. The number of morpholine rings is 1. The summed E-state index contributed by atoms with van der Waals surface area (Å²) in [6, 6.07) is 0. The molecule has 6 saturated carbocycles. The normalized spacial score (nSPS) is 51.5. The van der Waals surface area contributed by atoms with Crippen LogP contribution in [-0.2, 0) is 19.0 Å². The van der Waals surface area contributed by atoms with Crippen LogP contribution in [0.4, 0.5) is 0 Å². The molecule has 0 radical (unpaired) electrons. The molecule has 8 aliphatic rings. The maximum atomic E-state index is 13.4. The Labute approximate surface area is 295 Å². The van der Waals surface area contributed by atoms with Crippen molar-refractivity contribution in [1.29, 1.82) is 0 Å². The third kappa shape index (κ3) is 4.84. The Hall–Kier alpha value is -0.770. The van der Waals surface area contributed by atoms with Crippen molar-refractivity contribution in [3.05, 3.63) is 0 Å². The predicted molar refractivity (Wildman–Crippen MR) is 186 cm³/mol. The van der Waals surface area contributed by atoms with Gasteiger partial charge in [-0.05, 0) is 123 Å². The molecule has 2 aliphatic heterocycles. The Kier molecular flexibility index (Phi) is 8.36. The highest BCUT2D eigenvalue weighted by molar-refractivity contribution is 5.79. The summed E-state index contributed by atoms with van der Waals surface area (Å²) in [5.74, 6) is 2.03. The quantitative estimate of drug-likeness (QED) is 0.322. The fraction of sp³-hybridized carbons (Fsp3) is 0.976. The summed E-state index contributed by atoms with van der Waals surface area (Å²) in [5, 5.41) is 34.2. The molecule has 2 heterocycles. The Morgan fingerprint density at radius 3 is 2.37 bits per heavy atom. The zero-order chi connectivity index (χ0) is 34.9. The van der Waals surface area contributed by atoms with Crippen LogP contribution in [0.2, 0.25) is 0 Å². The lowest BCUT2D eigenvalue weighted by Gasteiger charge is -2.64. The van der Waals surface area contributed by atoms with Crippen LogP contribution in [0.15, 0.2) is 0 Å². The summed E-state index contributed by atoms with van der Waals surface area (Å²) in [5.41, 5.74) is -1.02. The minimum Gasteiger partial charge on any atom is -0.390 e. The van der Waals surface area contributed by atoms with Crippen LogP contribution in [0.5, 0.6) is 0 Å². The summed E-state index contributed by atoms with van der Waals surface area (Å²) in [6.07, 6.45) is 11.8. The van der Waals surface area contributed by atoms with E-state index >= 15 is 0 Å². The Morgan fingerprint density at radius 2 is 1.65 bits per heavy atom. The molecule has 0 aromatic carbocycles. The van der Waals surface area contributed by atoms with E-state index in [1.165, 1.54) is 38.5 Å². The van der Waals surface area contributed by atoms with E-state index < -0.39 is 23.9 Å². The van der Waals surface area contributed by atoms with Crippen molar-refractivity contribution in [2.24, 2.45) is 56.7 Å². The third-order valence-electron chi connectivity index (χ3n) is 17.5. The number of aliphatic hydroxyl groups is 3. The van der Waals surface area contributed by atoms with Gasteiger partial charge in [0.05, 0.1) is 43.2 Å². The Balaban J connectivity index is 0.993. The molecule has 0 aromatic heterocycles. The molecule has 6 aliphatic carbocycles. The molecular weight excluding hydrogens is 618 g/mol. The molecule has 0 bridgehead atoms. The second kappa shape index (κ2) is 11.6. The fourth-order valence-electron chi connectivity index (χ4n) is 14.9. The number of fused-ring (bicyclic) bond motifs is 4. The SMILES string of the molecule is C[C@@H]1CC(C(O)C(C)(C)O)OC2[C@H]1C1(C)CCC34CC35CCC(O[C@H]3CN(C(=O)C6CCCCC6)CCO3)C(C)(C)[C@@H]5CCC4[C@]1(C)[C@H]2O. The van der Waals surface area contributed by atoms with Crippen LogP contribution in [0.25, 0.3) is 0 Å². The van der Waals surface area contributed by atoms with Gasteiger partial charge in [-0.25, -0.2) is 0 Å². The molecule has 8 heteroatoms. The van der Waals surface area contributed by atoms with Crippen LogP contribution in [0, 0.1) is 56.7 Å². The number of aliphatic hydroxyl groups excluding tert-OH is 2. The van der Waals surface area contributed by atoms with Crippen molar-refractivity contribution in [3.8, 4) is 0 Å². The van der Waals surface area contributed by atoms with E-state index in [9.17, 15) is 20.1 Å². The first-order valence-electron chi connectivity index (χ1n) is 20.3.